The Hall–Kier alpha value is -1.65. The van der Waals surface area contributed by atoms with E-state index in [2.05, 4.69) is 33.5 Å². The van der Waals surface area contributed by atoms with Crippen LogP contribution in [0.2, 0.25) is 0 Å². The molecular weight excluding hydrogens is 328 g/mol. The summed E-state index contributed by atoms with van der Waals surface area (Å²) in [6.07, 6.45) is 0. The minimum atomic E-state index is -0.274. The van der Waals surface area contributed by atoms with E-state index in [0.717, 1.165) is 15.7 Å². The van der Waals surface area contributed by atoms with Crippen molar-refractivity contribution in [2.45, 2.75) is 25.9 Å². The predicted molar refractivity (Wildman–Crippen MR) is 90.2 cm³/mol. The number of para-hydroxylation sites is 1. The first-order chi connectivity index (χ1) is 10.1. The number of hydrogen-bond donors (Lipinski definition) is 2. The Morgan fingerprint density at radius 2 is 1.62 bits per heavy atom. The summed E-state index contributed by atoms with van der Waals surface area (Å²) in [5.74, 6) is -0.0369. The Kier molecular flexibility index (Phi) is 5.53. The molecule has 0 bridgehead atoms. The van der Waals surface area contributed by atoms with Crippen molar-refractivity contribution in [1.29, 1.82) is 0 Å². The van der Waals surface area contributed by atoms with Gasteiger partial charge < -0.3 is 5.32 Å². The zero-order chi connectivity index (χ0) is 15.2. The maximum Gasteiger partial charge on any atom is 0.241 e. The van der Waals surface area contributed by atoms with Gasteiger partial charge in [-0.25, -0.2) is 0 Å². The quantitative estimate of drug-likeness (QED) is 0.854. The van der Waals surface area contributed by atoms with Crippen LogP contribution in [0.4, 0.5) is 5.69 Å². The second-order valence-electron chi connectivity index (χ2n) is 5.02. The zero-order valence-corrected chi connectivity index (χ0v) is 13.7. The normalized spacial score (nSPS) is 13.5. The minimum absolute atomic E-state index is 0.0369. The van der Waals surface area contributed by atoms with Gasteiger partial charge in [-0.1, -0.05) is 46.3 Å². The van der Waals surface area contributed by atoms with Crippen LogP contribution in [0.1, 0.15) is 25.5 Å². The molecule has 0 aliphatic heterocycles. The highest BCUT2D eigenvalue weighted by Crippen LogP contribution is 2.17. The van der Waals surface area contributed by atoms with E-state index in [9.17, 15) is 4.79 Å². The molecule has 110 valence electrons. The number of hydrogen-bond acceptors (Lipinski definition) is 2. The van der Waals surface area contributed by atoms with Gasteiger partial charge in [-0.2, -0.15) is 0 Å². The summed E-state index contributed by atoms with van der Waals surface area (Å²) >= 11 is 3.42. The van der Waals surface area contributed by atoms with Gasteiger partial charge in [0.2, 0.25) is 5.91 Å². The van der Waals surface area contributed by atoms with E-state index < -0.39 is 0 Å². The summed E-state index contributed by atoms with van der Waals surface area (Å²) in [6, 6.07) is 17.4. The Morgan fingerprint density at radius 3 is 2.24 bits per heavy atom. The molecule has 2 rings (SSSR count). The molecular formula is C17H19BrN2O. The van der Waals surface area contributed by atoms with Crippen LogP contribution in [0.15, 0.2) is 59.1 Å². The Bertz CT molecular complexity index is 583. The summed E-state index contributed by atoms with van der Waals surface area (Å²) in [7, 11) is 0. The fraction of sp³-hybridized carbons (Fsp3) is 0.235. The second-order valence-corrected chi connectivity index (χ2v) is 5.93. The van der Waals surface area contributed by atoms with Crippen LogP contribution in [0.3, 0.4) is 0 Å². The molecule has 0 aromatic heterocycles. The number of rotatable bonds is 5. The molecule has 1 unspecified atom stereocenters. The van der Waals surface area contributed by atoms with E-state index in [1.807, 2.05) is 61.5 Å². The Balaban J connectivity index is 1.92. The van der Waals surface area contributed by atoms with Crippen LogP contribution in [-0.2, 0) is 4.79 Å². The van der Waals surface area contributed by atoms with Crippen LogP contribution in [0.25, 0.3) is 0 Å². The third-order valence-electron chi connectivity index (χ3n) is 3.30. The number of benzene rings is 2. The number of halogens is 1. The van der Waals surface area contributed by atoms with E-state index >= 15 is 0 Å². The fourth-order valence-corrected chi connectivity index (χ4v) is 2.33. The molecule has 0 spiro atoms. The molecule has 0 saturated carbocycles. The Morgan fingerprint density at radius 1 is 1.00 bits per heavy atom. The summed E-state index contributed by atoms with van der Waals surface area (Å²) in [4.78, 5) is 12.2. The molecule has 21 heavy (non-hydrogen) atoms. The standard InChI is InChI=1S/C17H19BrN2O/c1-12(14-8-10-15(18)11-9-14)19-13(2)17(21)20-16-6-4-3-5-7-16/h3-13,19H,1-2H3,(H,20,21)/t12-,13?/m1/s1. The average molecular weight is 347 g/mol. The molecule has 0 aliphatic rings. The van der Waals surface area contributed by atoms with Crippen molar-refractivity contribution in [3.05, 3.63) is 64.6 Å². The van der Waals surface area contributed by atoms with Gasteiger partial charge in [-0.05, 0) is 43.7 Å². The molecule has 2 N–H and O–H groups in total. The number of carbonyl (C=O) groups excluding carboxylic acids is 1. The highest BCUT2D eigenvalue weighted by molar-refractivity contribution is 9.10. The van der Waals surface area contributed by atoms with Gasteiger partial charge in [-0.15, -0.1) is 0 Å². The van der Waals surface area contributed by atoms with Gasteiger partial charge in [0.25, 0.3) is 0 Å². The Labute approximate surface area is 133 Å². The first kappa shape index (κ1) is 15.7. The van der Waals surface area contributed by atoms with Crippen LogP contribution < -0.4 is 10.6 Å². The van der Waals surface area contributed by atoms with Crippen molar-refractivity contribution >= 4 is 27.5 Å². The lowest BCUT2D eigenvalue weighted by Crippen LogP contribution is -2.39. The lowest BCUT2D eigenvalue weighted by molar-refractivity contribution is -0.117. The van der Waals surface area contributed by atoms with Gasteiger partial charge in [0.05, 0.1) is 6.04 Å². The van der Waals surface area contributed by atoms with Gasteiger partial charge in [0, 0.05) is 16.2 Å². The summed E-state index contributed by atoms with van der Waals surface area (Å²) in [6.45, 7) is 3.92. The molecule has 0 saturated heterocycles. The fourth-order valence-electron chi connectivity index (χ4n) is 2.07. The molecule has 3 nitrogen and oxygen atoms in total. The second kappa shape index (κ2) is 7.38. The van der Waals surface area contributed by atoms with Crippen LogP contribution in [0, 0.1) is 0 Å². The molecule has 0 fully saturated rings. The highest BCUT2D eigenvalue weighted by atomic mass is 79.9. The average Bonchev–Trinajstić information content (AvgIpc) is 2.48. The van der Waals surface area contributed by atoms with E-state index in [4.69, 9.17) is 0 Å². The van der Waals surface area contributed by atoms with Crippen LogP contribution in [0.5, 0.6) is 0 Å². The van der Waals surface area contributed by atoms with Crippen molar-refractivity contribution < 1.29 is 4.79 Å². The van der Waals surface area contributed by atoms with Crippen molar-refractivity contribution in [3.8, 4) is 0 Å². The lowest BCUT2D eigenvalue weighted by Gasteiger charge is -2.20. The largest absolute Gasteiger partial charge is 0.325 e. The van der Waals surface area contributed by atoms with Gasteiger partial charge in [-0.3, -0.25) is 10.1 Å². The summed E-state index contributed by atoms with van der Waals surface area (Å²) in [5.41, 5.74) is 1.96. The first-order valence-electron chi connectivity index (χ1n) is 6.93. The zero-order valence-electron chi connectivity index (χ0n) is 12.1. The molecule has 0 aliphatic carbocycles. The molecule has 2 atom stereocenters. The highest BCUT2D eigenvalue weighted by Gasteiger charge is 2.16. The number of anilines is 1. The van der Waals surface area contributed by atoms with Crippen molar-refractivity contribution in [1.82, 2.24) is 5.32 Å². The van der Waals surface area contributed by atoms with Crippen molar-refractivity contribution in [2.75, 3.05) is 5.32 Å². The van der Waals surface area contributed by atoms with E-state index in [-0.39, 0.29) is 18.0 Å². The maximum atomic E-state index is 12.2. The maximum absolute atomic E-state index is 12.2. The number of carbonyl (C=O) groups is 1. The topological polar surface area (TPSA) is 41.1 Å². The minimum Gasteiger partial charge on any atom is -0.325 e. The monoisotopic (exact) mass is 346 g/mol. The molecule has 4 heteroatoms. The summed E-state index contributed by atoms with van der Waals surface area (Å²) < 4.78 is 1.05. The molecule has 2 aromatic rings. The van der Waals surface area contributed by atoms with Crippen molar-refractivity contribution in [3.63, 3.8) is 0 Å². The van der Waals surface area contributed by atoms with E-state index in [0.29, 0.717) is 0 Å². The number of amides is 1. The smallest absolute Gasteiger partial charge is 0.241 e. The van der Waals surface area contributed by atoms with E-state index in [1.165, 1.54) is 0 Å². The number of nitrogens with one attached hydrogen (secondary N) is 2. The van der Waals surface area contributed by atoms with Crippen LogP contribution >= 0.6 is 15.9 Å². The predicted octanol–water partition coefficient (Wildman–Crippen LogP) is 4.13. The van der Waals surface area contributed by atoms with E-state index in [1.54, 1.807) is 0 Å². The molecule has 1 amide bonds. The third-order valence-corrected chi connectivity index (χ3v) is 3.83. The SMILES string of the molecule is CC(N[C@H](C)c1ccc(Br)cc1)C(=O)Nc1ccccc1. The molecule has 0 heterocycles. The van der Waals surface area contributed by atoms with Gasteiger partial charge in [0.1, 0.15) is 0 Å². The lowest BCUT2D eigenvalue weighted by atomic mass is 10.1. The van der Waals surface area contributed by atoms with Gasteiger partial charge in [0.15, 0.2) is 0 Å². The molecule has 2 aromatic carbocycles. The van der Waals surface area contributed by atoms with Crippen LogP contribution in [-0.4, -0.2) is 11.9 Å². The summed E-state index contributed by atoms with van der Waals surface area (Å²) in [5, 5.41) is 6.21. The van der Waals surface area contributed by atoms with Crippen molar-refractivity contribution in [2.24, 2.45) is 0 Å². The van der Waals surface area contributed by atoms with Gasteiger partial charge >= 0.3 is 0 Å². The molecule has 0 radical (unpaired) electrons. The third kappa shape index (κ3) is 4.69. The first-order valence-corrected chi connectivity index (χ1v) is 7.73.